The molecule has 0 spiro atoms. The SMILES string of the molecule is COC(=O)[C@]1([C@H](O[Si](C)(C)C(C)(C)C)C(C)C)CCN=N1. The molecule has 6 heteroatoms. The van der Waals surface area contributed by atoms with E-state index in [0.29, 0.717) is 13.0 Å². The summed E-state index contributed by atoms with van der Waals surface area (Å²) >= 11 is 0. The molecule has 0 radical (unpaired) electrons. The molecule has 5 nitrogen and oxygen atoms in total. The third-order valence-corrected chi connectivity index (χ3v) is 9.14. The summed E-state index contributed by atoms with van der Waals surface area (Å²) in [7, 11) is -0.609. The Morgan fingerprint density at radius 1 is 1.29 bits per heavy atom. The molecular formula is C15H30N2O3Si. The van der Waals surface area contributed by atoms with Gasteiger partial charge in [0.15, 0.2) is 8.32 Å². The van der Waals surface area contributed by atoms with Gasteiger partial charge in [-0.05, 0) is 24.1 Å². The topological polar surface area (TPSA) is 60.2 Å². The Bertz CT molecular complexity index is 416. The summed E-state index contributed by atoms with van der Waals surface area (Å²) in [6, 6.07) is 0. The van der Waals surface area contributed by atoms with Crippen molar-refractivity contribution in [2.75, 3.05) is 13.7 Å². The third kappa shape index (κ3) is 3.53. The molecule has 21 heavy (non-hydrogen) atoms. The van der Waals surface area contributed by atoms with Crippen LogP contribution in [-0.2, 0) is 14.0 Å². The first-order valence-corrected chi connectivity index (χ1v) is 10.5. The second-order valence-corrected chi connectivity index (χ2v) is 12.4. The van der Waals surface area contributed by atoms with E-state index in [2.05, 4.69) is 57.9 Å². The molecular weight excluding hydrogens is 284 g/mol. The lowest BCUT2D eigenvalue weighted by Gasteiger charge is -2.44. The molecule has 1 rings (SSSR count). The first-order chi connectivity index (χ1) is 9.48. The van der Waals surface area contributed by atoms with E-state index in [1.165, 1.54) is 7.11 Å². The van der Waals surface area contributed by atoms with E-state index in [1.54, 1.807) is 0 Å². The molecule has 0 bridgehead atoms. The molecule has 2 atom stereocenters. The number of azo groups is 1. The molecule has 0 saturated heterocycles. The molecule has 0 N–H and O–H groups in total. The molecule has 1 aliphatic rings. The smallest absolute Gasteiger partial charge is 0.338 e. The van der Waals surface area contributed by atoms with Crippen LogP contribution in [-0.4, -0.2) is 39.6 Å². The molecule has 0 saturated carbocycles. The fourth-order valence-corrected chi connectivity index (χ4v) is 3.82. The Kier molecular flexibility index (Phi) is 5.37. The van der Waals surface area contributed by atoms with Crippen molar-refractivity contribution in [1.29, 1.82) is 0 Å². The first kappa shape index (κ1) is 18.3. The van der Waals surface area contributed by atoms with Crippen LogP contribution >= 0.6 is 0 Å². The van der Waals surface area contributed by atoms with E-state index in [-0.39, 0.29) is 23.0 Å². The first-order valence-electron chi connectivity index (χ1n) is 7.63. The van der Waals surface area contributed by atoms with Crippen LogP contribution in [0.2, 0.25) is 18.1 Å². The van der Waals surface area contributed by atoms with Crippen molar-refractivity contribution >= 4 is 14.3 Å². The Morgan fingerprint density at radius 3 is 2.19 bits per heavy atom. The predicted molar refractivity (Wildman–Crippen MR) is 86.0 cm³/mol. The third-order valence-electron chi connectivity index (χ3n) is 4.68. The van der Waals surface area contributed by atoms with Gasteiger partial charge in [-0.15, -0.1) is 0 Å². The highest BCUT2D eigenvalue weighted by Crippen LogP contribution is 2.42. The summed E-state index contributed by atoms with van der Waals surface area (Å²) in [5.41, 5.74) is -0.974. The van der Waals surface area contributed by atoms with Crippen LogP contribution in [0.5, 0.6) is 0 Å². The number of carbonyl (C=O) groups is 1. The van der Waals surface area contributed by atoms with E-state index in [1.807, 2.05) is 0 Å². The number of esters is 1. The van der Waals surface area contributed by atoms with Gasteiger partial charge in [-0.3, -0.25) is 0 Å². The lowest BCUT2D eigenvalue weighted by molar-refractivity contribution is -0.152. The fraction of sp³-hybridized carbons (Fsp3) is 0.933. The molecule has 0 aromatic heterocycles. The average molecular weight is 315 g/mol. The van der Waals surface area contributed by atoms with Gasteiger partial charge in [0.2, 0.25) is 5.54 Å². The van der Waals surface area contributed by atoms with E-state index >= 15 is 0 Å². The van der Waals surface area contributed by atoms with Gasteiger partial charge in [0.25, 0.3) is 0 Å². The van der Waals surface area contributed by atoms with Gasteiger partial charge in [0.1, 0.15) is 0 Å². The average Bonchev–Trinajstić information content (AvgIpc) is 2.83. The molecule has 0 aliphatic carbocycles. The molecule has 0 fully saturated rings. The van der Waals surface area contributed by atoms with Crippen molar-refractivity contribution in [2.24, 2.45) is 16.1 Å². The number of methoxy groups -OCH3 is 1. The summed E-state index contributed by atoms with van der Waals surface area (Å²) in [6.45, 7) is 15.7. The van der Waals surface area contributed by atoms with Gasteiger partial charge < -0.3 is 9.16 Å². The summed E-state index contributed by atoms with van der Waals surface area (Å²) in [6.07, 6.45) is 0.272. The van der Waals surface area contributed by atoms with Crippen LogP contribution in [0.4, 0.5) is 0 Å². The summed E-state index contributed by atoms with van der Waals surface area (Å²) in [5, 5.41) is 8.41. The maximum Gasteiger partial charge on any atom is 0.338 e. The normalized spacial score (nSPS) is 24.4. The number of hydrogen-bond donors (Lipinski definition) is 0. The number of nitrogens with zero attached hydrogens (tertiary/aromatic N) is 2. The zero-order valence-electron chi connectivity index (χ0n) is 14.7. The fourth-order valence-electron chi connectivity index (χ4n) is 2.36. The lowest BCUT2D eigenvalue weighted by atomic mass is 9.84. The summed E-state index contributed by atoms with van der Waals surface area (Å²) in [5.74, 6) is -0.170. The predicted octanol–water partition coefficient (Wildman–Crippen LogP) is 3.80. The maximum absolute atomic E-state index is 12.4. The van der Waals surface area contributed by atoms with Gasteiger partial charge in [0.05, 0.1) is 19.8 Å². The Labute approximate surface area is 129 Å². The van der Waals surface area contributed by atoms with Crippen molar-refractivity contribution in [1.82, 2.24) is 0 Å². The van der Waals surface area contributed by atoms with Crippen LogP contribution in [0.25, 0.3) is 0 Å². The molecule has 122 valence electrons. The Hall–Kier alpha value is -0.753. The minimum absolute atomic E-state index is 0.0766. The van der Waals surface area contributed by atoms with Crippen molar-refractivity contribution in [2.45, 2.75) is 70.8 Å². The quantitative estimate of drug-likeness (QED) is 0.573. The van der Waals surface area contributed by atoms with Gasteiger partial charge in [-0.2, -0.15) is 10.2 Å². The van der Waals surface area contributed by atoms with Gasteiger partial charge >= 0.3 is 5.97 Å². The van der Waals surface area contributed by atoms with E-state index in [0.717, 1.165) is 0 Å². The number of rotatable bonds is 5. The van der Waals surface area contributed by atoms with Crippen molar-refractivity contribution in [3.05, 3.63) is 0 Å². The molecule has 1 heterocycles. The highest BCUT2D eigenvalue weighted by molar-refractivity contribution is 6.74. The van der Waals surface area contributed by atoms with Crippen LogP contribution < -0.4 is 0 Å². The molecule has 0 amide bonds. The van der Waals surface area contributed by atoms with E-state index in [9.17, 15) is 4.79 Å². The lowest BCUT2D eigenvalue weighted by Crippen LogP contribution is -2.56. The summed E-state index contributed by atoms with van der Waals surface area (Å²) < 4.78 is 11.6. The summed E-state index contributed by atoms with van der Waals surface area (Å²) in [4.78, 5) is 12.4. The van der Waals surface area contributed by atoms with Crippen LogP contribution in [0.1, 0.15) is 41.0 Å². The highest BCUT2D eigenvalue weighted by atomic mass is 28.4. The van der Waals surface area contributed by atoms with Gasteiger partial charge in [-0.25, -0.2) is 4.79 Å². The number of carbonyl (C=O) groups excluding carboxylic acids is 1. The molecule has 1 aliphatic heterocycles. The van der Waals surface area contributed by atoms with Crippen LogP contribution in [0.15, 0.2) is 10.2 Å². The molecule has 0 unspecified atom stereocenters. The minimum atomic E-state index is -2.01. The minimum Gasteiger partial charge on any atom is -0.467 e. The maximum atomic E-state index is 12.4. The van der Waals surface area contributed by atoms with Crippen molar-refractivity contribution < 1.29 is 14.0 Å². The van der Waals surface area contributed by atoms with Crippen LogP contribution in [0, 0.1) is 5.92 Å². The standard InChI is InChI=1S/C15H30N2O3Si/c1-11(2)12(20-21(7,8)14(3,4)5)15(13(18)19-6)9-10-16-17-15/h11-12H,9-10H2,1-8H3/t12-,15-/m1/s1. The Morgan fingerprint density at radius 2 is 1.86 bits per heavy atom. The van der Waals surface area contributed by atoms with Crippen LogP contribution in [0.3, 0.4) is 0 Å². The monoisotopic (exact) mass is 314 g/mol. The second kappa shape index (κ2) is 6.16. The zero-order chi connectivity index (χ0) is 16.5. The van der Waals surface area contributed by atoms with Gasteiger partial charge in [0, 0.05) is 6.42 Å². The van der Waals surface area contributed by atoms with E-state index in [4.69, 9.17) is 9.16 Å². The second-order valence-electron chi connectivity index (χ2n) is 7.67. The number of hydrogen-bond acceptors (Lipinski definition) is 5. The number of ether oxygens (including phenoxy) is 1. The molecule has 0 aromatic rings. The zero-order valence-corrected chi connectivity index (χ0v) is 15.7. The van der Waals surface area contributed by atoms with Crippen molar-refractivity contribution in [3.8, 4) is 0 Å². The Balaban J connectivity index is 3.17. The largest absolute Gasteiger partial charge is 0.467 e. The van der Waals surface area contributed by atoms with Crippen molar-refractivity contribution in [3.63, 3.8) is 0 Å². The highest BCUT2D eigenvalue weighted by Gasteiger charge is 2.54. The van der Waals surface area contributed by atoms with Gasteiger partial charge in [-0.1, -0.05) is 34.6 Å². The van der Waals surface area contributed by atoms with E-state index < -0.39 is 13.9 Å². The molecule has 0 aromatic carbocycles.